The number of para-hydroxylation sites is 1. The highest BCUT2D eigenvalue weighted by Crippen LogP contribution is 2.18. The monoisotopic (exact) mass is 284 g/mol. The fourth-order valence-electron chi connectivity index (χ4n) is 1.79. The Hall–Kier alpha value is -2.87. The molecule has 0 aliphatic carbocycles. The summed E-state index contributed by atoms with van der Waals surface area (Å²) in [6.45, 7) is 1.48. The van der Waals surface area contributed by atoms with E-state index >= 15 is 0 Å². The summed E-state index contributed by atoms with van der Waals surface area (Å²) in [7, 11) is 0. The molecule has 0 bridgehead atoms. The van der Waals surface area contributed by atoms with Crippen molar-refractivity contribution < 1.29 is 13.9 Å². The number of rotatable bonds is 4. The summed E-state index contributed by atoms with van der Waals surface area (Å²) in [5.74, 6) is -0.297. The number of nitriles is 1. The van der Waals surface area contributed by atoms with E-state index in [0.717, 1.165) is 0 Å². The van der Waals surface area contributed by atoms with Crippen LogP contribution in [0.4, 0.5) is 10.1 Å². The van der Waals surface area contributed by atoms with Crippen LogP contribution in [0.2, 0.25) is 0 Å². The third kappa shape index (κ3) is 3.80. The molecule has 0 unspecified atom stereocenters. The van der Waals surface area contributed by atoms with Crippen molar-refractivity contribution in [1.82, 2.24) is 0 Å². The van der Waals surface area contributed by atoms with Gasteiger partial charge in [0, 0.05) is 0 Å². The van der Waals surface area contributed by atoms with Gasteiger partial charge in [-0.3, -0.25) is 4.79 Å². The zero-order valence-corrected chi connectivity index (χ0v) is 11.4. The molecular weight excluding hydrogens is 271 g/mol. The highest BCUT2D eigenvalue weighted by Gasteiger charge is 2.08. The number of nitrogens with zero attached hydrogens (tertiary/aromatic N) is 1. The first-order chi connectivity index (χ1) is 10.1. The van der Waals surface area contributed by atoms with Crippen molar-refractivity contribution in [2.45, 2.75) is 6.92 Å². The van der Waals surface area contributed by atoms with Gasteiger partial charge in [-0.1, -0.05) is 12.1 Å². The van der Waals surface area contributed by atoms with Crippen LogP contribution in [0.3, 0.4) is 0 Å². The molecule has 106 valence electrons. The van der Waals surface area contributed by atoms with Crippen LogP contribution in [0.15, 0.2) is 42.5 Å². The number of hydrogen-bond acceptors (Lipinski definition) is 3. The molecule has 0 aliphatic rings. The van der Waals surface area contributed by atoms with Gasteiger partial charge in [-0.15, -0.1) is 0 Å². The SMILES string of the molecule is Cc1cc(F)ccc1OCC(=O)Nc1ccccc1C#N. The second-order valence-corrected chi connectivity index (χ2v) is 4.40. The van der Waals surface area contributed by atoms with E-state index in [-0.39, 0.29) is 18.3 Å². The molecule has 0 saturated heterocycles. The van der Waals surface area contributed by atoms with E-state index in [1.54, 1.807) is 31.2 Å². The summed E-state index contributed by atoms with van der Waals surface area (Å²) in [4.78, 5) is 11.8. The van der Waals surface area contributed by atoms with Crippen molar-refractivity contribution >= 4 is 11.6 Å². The normalized spacial score (nSPS) is 9.76. The van der Waals surface area contributed by atoms with Crippen LogP contribution in [0.1, 0.15) is 11.1 Å². The van der Waals surface area contributed by atoms with Gasteiger partial charge in [0.2, 0.25) is 0 Å². The molecule has 2 aromatic carbocycles. The van der Waals surface area contributed by atoms with Crippen molar-refractivity contribution in [3.8, 4) is 11.8 Å². The summed E-state index contributed by atoms with van der Waals surface area (Å²) in [5.41, 5.74) is 1.42. The third-order valence-electron chi connectivity index (χ3n) is 2.82. The number of amides is 1. The maximum atomic E-state index is 13.0. The van der Waals surface area contributed by atoms with E-state index in [9.17, 15) is 9.18 Å². The minimum absolute atomic E-state index is 0.216. The molecule has 1 amide bonds. The molecule has 0 spiro atoms. The number of aryl methyl sites for hydroxylation is 1. The van der Waals surface area contributed by atoms with E-state index in [0.29, 0.717) is 22.6 Å². The lowest BCUT2D eigenvalue weighted by atomic mass is 10.2. The van der Waals surface area contributed by atoms with Gasteiger partial charge < -0.3 is 10.1 Å². The van der Waals surface area contributed by atoms with E-state index in [1.807, 2.05) is 6.07 Å². The highest BCUT2D eigenvalue weighted by molar-refractivity contribution is 5.93. The Balaban J connectivity index is 1.98. The second kappa shape index (κ2) is 6.53. The van der Waals surface area contributed by atoms with Crippen LogP contribution in [0.25, 0.3) is 0 Å². The lowest BCUT2D eigenvalue weighted by molar-refractivity contribution is -0.118. The number of nitrogens with one attached hydrogen (secondary N) is 1. The smallest absolute Gasteiger partial charge is 0.262 e. The van der Waals surface area contributed by atoms with Crippen LogP contribution < -0.4 is 10.1 Å². The molecule has 0 aliphatic heterocycles. The Labute approximate surface area is 121 Å². The summed E-state index contributed by atoms with van der Waals surface area (Å²) in [5, 5.41) is 11.5. The molecule has 0 atom stereocenters. The van der Waals surface area contributed by atoms with Crippen molar-refractivity contribution in [2.24, 2.45) is 0 Å². The summed E-state index contributed by atoms with van der Waals surface area (Å²) < 4.78 is 18.3. The van der Waals surface area contributed by atoms with Gasteiger partial charge in [0.15, 0.2) is 6.61 Å². The number of halogens is 1. The Kier molecular flexibility index (Phi) is 4.52. The van der Waals surface area contributed by atoms with Gasteiger partial charge in [0.05, 0.1) is 11.3 Å². The van der Waals surface area contributed by atoms with Gasteiger partial charge in [0.25, 0.3) is 5.91 Å². The van der Waals surface area contributed by atoms with Crippen molar-refractivity contribution in [1.29, 1.82) is 5.26 Å². The molecule has 0 radical (unpaired) electrons. The van der Waals surface area contributed by atoms with Gasteiger partial charge in [-0.2, -0.15) is 5.26 Å². The molecule has 0 fully saturated rings. The lowest BCUT2D eigenvalue weighted by Crippen LogP contribution is -2.20. The number of benzene rings is 2. The lowest BCUT2D eigenvalue weighted by Gasteiger charge is -2.10. The fourth-order valence-corrected chi connectivity index (χ4v) is 1.79. The minimum Gasteiger partial charge on any atom is -0.483 e. The quantitative estimate of drug-likeness (QED) is 0.938. The Morgan fingerprint density at radius 3 is 2.81 bits per heavy atom. The zero-order valence-electron chi connectivity index (χ0n) is 11.4. The first-order valence-electron chi connectivity index (χ1n) is 6.28. The van der Waals surface area contributed by atoms with Gasteiger partial charge in [0.1, 0.15) is 17.6 Å². The minimum atomic E-state index is -0.388. The predicted octanol–water partition coefficient (Wildman–Crippen LogP) is 3.02. The van der Waals surface area contributed by atoms with Crippen LogP contribution in [-0.2, 0) is 4.79 Å². The standard InChI is InChI=1S/C16H13FN2O2/c1-11-8-13(17)6-7-15(11)21-10-16(20)19-14-5-3-2-4-12(14)9-18/h2-8H,10H2,1H3,(H,19,20). The van der Waals surface area contributed by atoms with E-state index in [4.69, 9.17) is 10.00 Å². The Morgan fingerprint density at radius 2 is 2.10 bits per heavy atom. The highest BCUT2D eigenvalue weighted by atomic mass is 19.1. The zero-order chi connectivity index (χ0) is 15.2. The average molecular weight is 284 g/mol. The molecule has 0 heterocycles. The predicted molar refractivity (Wildman–Crippen MR) is 76.4 cm³/mol. The summed E-state index contributed by atoms with van der Waals surface area (Å²) >= 11 is 0. The van der Waals surface area contributed by atoms with E-state index < -0.39 is 0 Å². The molecule has 1 N–H and O–H groups in total. The topological polar surface area (TPSA) is 62.1 Å². The van der Waals surface area contributed by atoms with Gasteiger partial charge in [-0.25, -0.2) is 4.39 Å². The van der Waals surface area contributed by atoms with Crippen molar-refractivity contribution in [3.05, 3.63) is 59.4 Å². The first-order valence-corrected chi connectivity index (χ1v) is 6.28. The summed E-state index contributed by atoms with van der Waals surface area (Å²) in [6, 6.07) is 12.8. The molecule has 2 rings (SSSR count). The second-order valence-electron chi connectivity index (χ2n) is 4.40. The maximum absolute atomic E-state index is 13.0. The van der Waals surface area contributed by atoms with Crippen LogP contribution in [0.5, 0.6) is 5.75 Å². The Bertz CT molecular complexity index is 708. The molecule has 5 heteroatoms. The van der Waals surface area contributed by atoms with E-state index in [1.165, 1.54) is 18.2 Å². The molecule has 21 heavy (non-hydrogen) atoms. The largest absolute Gasteiger partial charge is 0.483 e. The van der Waals surface area contributed by atoms with Crippen molar-refractivity contribution in [3.63, 3.8) is 0 Å². The summed E-state index contributed by atoms with van der Waals surface area (Å²) in [6.07, 6.45) is 0. The molecule has 0 saturated carbocycles. The number of ether oxygens (including phenoxy) is 1. The third-order valence-corrected chi connectivity index (χ3v) is 2.82. The first kappa shape index (κ1) is 14.5. The molecular formula is C16H13FN2O2. The molecule has 0 aromatic heterocycles. The Morgan fingerprint density at radius 1 is 1.33 bits per heavy atom. The van der Waals surface area contributed by atoms with Crippen molar-refractivity contribution in [2.75, 3.05) is 11.9 Å². The number of hydrogen-bond donors (Lipinski definition) is 1. The molecule has 2 aromatic rings. The number of anilines is 1. The fraction of sp³-hybridized carbons (Fsp3) is 0.125. The number of carbonyl (C=O) groups excluding carboxylic acids is 1. The van der Waals surface area contributed by atoms with Crippen LogP contribution in [-0.4, -0.2) is 12.5 Å². The maximum Gasteiger partial charge on any atom is 0.262 e. The average Bonchev–Trinajstić information content (AvgIpc) is 2.47. The van der Waals surface area contributed by atoms with Crippen LogP contribution in [0, 0.1) is 24.1 Å². The molecule has 4 nitrogen and oxygen atoms in total. The van der Waals surface area contributed by atoms with Gasteiger partial charge >= 0.3 is 0 Å². The van der Waals surface area contributed by atoms with Gasteiger partial charge in [-0.05, 0) is 42.8 Å². The van der Waals surface area contributed by atoms with Crippen LogP contribution >= 0.6 is 0 Å². The number of carbonyl (C=O) groups is 1. The van der Waals surface area contributed by atoms with E-state index in [2.05, 4.69) is 5.32 Å².